The van der Waals surface area contributed by atoms with E-state index in [1.165, 1.54) is 24.4 Å². The van der Waals surface area contributed by atoms with Crippen molar-refractivity contribution >= 4 is 11.6 Å². The fourth-order valence-electron chi connectivity index (χ4n) is 1.53. The van der Waals surface area contributed by atoms with Gasteiger partial charge in [-0.1, -0.05) is 0 Å². The van der Waals surface area contributed by atoms with Gasteiger partial charge in [-0.25, -0.2) is 4.39 Å². The number of aromatic nitrogens is 1. The Labute approximate surface area is 109 Å². The molecule has 1 aromatic heterocycles. The van der Waals surface area contributed by atoms with Crippen LogP contribution in [0, 0.1) is 12.7 Å². The van der Waals surface area contributed by atoms with Crippen LogP contribution in [0.4, 0.5) is 10.1 Å². The summed E-state index contributed by atoms with van der Waals surface area (Å²) in [6, 6.07) is 5.59. The Morgan fingerprint density at radius 2 is 2.11 bits per heavy atom. The molecule has 1 amide bonds. The summed E-state index contributed by atoms with van der Waals surface area (Å²) in [5, 5.41) is 0. The Balaban J connectivity index is 2.33. The number of aryl methyl sites for hydroxylation is 1. The lowest BCUT2D eigenvalue weighted by Crippen LogP contribution is -2.12. The molecule has 19 heavy (non-hydrogen) atoms. The first-order valence-electron chi connectivity index (χ1n) is 5.46. The molecular weight excluding hydrogens is 249 g/mol. The molecule has 5 nitrogen and oxygen atoms in total. The van der Waals surface area contributed by atoms with Gasteiger partial charge in [0.1, 0.15) is 23.0 Å². The molecule has 98 valence electrons. The van der Waals surface area contributed by atoms with Crippen molar-refractivity contribution in [3.63, 3.8) is 0 Å². The van der Waals surface area contributed by atoms with Crippen LogP contribution in [0.15, 0.2) is 30.5 Å². The minimum Gasteiger partial charge on any atom is -0.457 e. The Hall–Kier alpha value is -2.63. The molecule has 2 aromatic rings. The maximum atomic E-state index is 13.4. The van der Waals surface area contributed by atoms with E-state index >= 15 is 0 Å². The van der Waals surface area contributed by atoms with E-state index in [2.05, 4.69) is 4.98 Å². The number of rotatable bonds is 3. The third-order valence-corrected chi connectivity index (χ3v) is 2.51. The second-order valence-electron chi connectivity index (χ2n) is 3.98. The topological polar surface area (TPSA) is 91.2 Å². The second-order valence-corrected chi connectivity index (χ2v) is 3.98. The van der Waals surface area contributed by atoms with Crippen molar-refractivity contribution < 1.29 is 13.9 Å². The van der Waals surface area contributed by atoms with E-state index in [-0.39, 0.29) is 11.4 Å². The quantitative estimate of drug-likeness (QED) is 0.827. The third-order valence-electron chi connectivity index (χ3n) is 2.51. The van der Waals surface area contributed by atoms with Crippen molar-refractivity contribution in [2.75, 3.05) is 5.73 Å². The molecule has 0 aliphatic rings. The first-order valence-corrected chi connectivity index (χ1v) is 5.46. The number of anilines is 1. The minimum atomic E-state index is -0.661. The molecule has 0 saturated carbocycles. The molecule has 0 unspecified atom stereocenters. The average molecular weight is 261 g/mol. The van der Waals surface area contributed by atoms with Gasteiger partial charge in [-0.3, -0.25) is 9.78 Å². The first kappa shape index (κ1) is 12.8. The molecule has 0 aliphatic carbocycles. The summed E-state index contributed by atoms with van der Waals surface area (Å²) in [4.78, 5) is 14.8. The Bertz CT molecular complexity index is 644. The normalized spacial score (nSPS) is 10.2. The SMILES string of the molecule is Cc1cc(N)c(F)cc1Oc1ccnc(C(N)=O)c1. The zero-order valence-corrected chi connectivity index (χ0v) is 10.2. The molecule has 1 aromatic carbocycles. The number of hydrogen-bond donors (Lipinski definition) is 2. The summed E-state index contributed by atoms with van der Waals surface area (Å²) in [5.74, 6) is -0.570. The number of benzene rings is 1. The minimum absolute atomic E-state index is 0.0532. The fourth-order valence-corrected chi connectivity index (χ4v) is 1.53. The van der Waals surface area contributed by atoms with Gasteiger partial charge in [-0.15, -0.1) is 0 Å². The molecule has 0 radical (unpaired) electrons. The van der Waals surface area contributed by atoms with E-state index < -0.39 is 11.7 Å². The summed E-state index contributed by atoms with van der Waals surface area (Å²) in [6.45, 7) is 1.74. The lowest BCUT2D eigenvalue weighted by Gasteiger charge is -2.10. The van der Waals surface area contributed by atoms with Crippen LogP contribution in [0.1, 0.15) is 16.1 Å². The molecule has 1 heterocycles. The average Bonchev–Trinajstić information content (AvgIpc) is 2.36. The first-order chi connectivity index (χ1) is 8.97. The highest BCUT2D eigenvalue weighted by Gasteiger charge is 2.09. The van der Waals surface area contributed by atoms with Gasteiger partial charge < -0.3 is 16.2 Å². The standard InChI is InChI=1S/C13H12FN3O2/c1-7-4-10(15)9(14)6-12(7)19-8-2-3-17-11(5-8)13(16)18/h2-6H,15H2,1H3,(H2,16,18). The monoisotopic (exact) mass is 261 g/mol. The third kappa shape index (κ3) is 2.79. The number of hydrogen-bond acceptors (Lipinski definition) is 4. The van der Waals surface area contributed by atoms with Gasteiger partial charge in [-0.2, -0.15) is 0 Å². The number of nitrogens with two attached hydrogens (primary N) is 2. The highest BCUT2D eigenvalue weighted by atomic mass is 19.1. The molecule has 6 heteroatoms. The van der Waals surface area contributed by atoms with Crippen molar-refractivity contribution in [1.29, 1.82) is 0 Å². The summed E-state index contributed by atoms with van der Waals surface area (Å²) in [6.07, 6.45) is 1.39. The number of nitrogen functional groups attached to an aromatic ring is 1. The van der Waals surface area contributed by atoms with Gasteiger partial charge in [0.05, 0.1) is 5.69 Å². The number of amides is 1. The van der Waals surface area contributed by atoms with Crippen LogP contribution >= 0.6 is 0 Å². The van der Waals surface area contributed by atoms with E-state index in [9.17, 15) is 9.18 Å². The van der Waals surface area contributed by atoms with Crippen molar-refractivity contribution in [2.24, 2.45) is 5.73 Å². The number of halogens is 1. The number of carbonyl (C=O) groups is 1. The van der Waals surface area contributed by atoms with Gasteiger partial charge in [0, 0.05) is 18.3 Å². The number of primary amides is 1. The Kier molecular flexibility index (Phi) is 3.33. The van der Waals surface area contributed by atoms with Gasteiger partial charge >= 0.3 is 0 Å². The van der Waals surface area contributed by atoms with Crippen molar-refractivity contribution in [1.82, 2.24) is 4.98 Å². The summed E-state index contributed by atoms with van der Waals surface area (Å²) in [7, 11) is 0. The molecule has 0 saturated heterocycles. The van der Waals surface area contributed by atoms with E-state index in [0.29, 0.717) is 17.1 Å². The number of carbonyl (C=O) groups excluding carboxylic acids is 1. The molecular formula is C13H12FN3O2. The van der Waals surface area contributed by atoms with E-state index in [1.54, 1.807) is 13.0 Å². The predicted molar refractivity (Wildman–Crippen MR) is 68.4 cm³/mol. The van der Waals surface area contributed by atoms with E-state index in [4.69, 9.17) is 16.2 Å². The van der Waals surface area contributed by atoms with Crippen LogP contribution < -0.4 is 16.2 Å². The van der Waals surface area contributed by atoms with E-state index in [0.717, 1.165) is 0 Å². The molecule has 0 bridgehead atoms. The van der Waals surface area contributed by atoms with E-state index in [1.807, 2.05) is 0 Å². The summed E-state index contributed by atoms with van der Waals surface area (Å²) in [5.41, 5.74) is 11.4. The summed E-state index contributed by atoms with van der Waals surface area (Å²) >= 11 is 0. The van der Waals surface area contributed by atoms with Gasteiger partial charge in [0.2, 0.25) is 0 Å². The maximum absolute atomic E-state index is 13.4. The maximum Gasteiger partial charge on any atom is 0.267 e. The molecule has 0 spiro atoms. The van der Waals surface area contributed by atoms with Crippen LogP contribution in [0.2, 0.25) is 0 Å². The summed E-state index contributed by atoms with van der Waals surface area (Å²) < 4.78 is 18.9. The number of ether oxygens (including phenoxy) is 1. The number of nitrogens with zero attached hydrogens (tertiary/aromatic N) is 1. The van der Waals surface area contributed by atoms with Gasteiger partial charge in [-0.05, 0) is 24.6 Å². The largest absolute Gasteiger partial charge is 0.457 e. The molecule has 0 fully saturated rings. The predicted octanol–water partition coefficient (Wildman–Crippen LogP) is 2.00. The van der Waals surface area contributed by atoms with Gasteiger partial charge in [0.15, 0.2) is 0 Å². The van der Waals surface area contributed by atoms with Crippen molar-refractivity contribution in [3.05, 3.63) is 47.5 Å². The molecule has 4 N–H and O–H groups in total. The van der Waals surface area contributed by atoms with Crippen molar-refractivity contribution in [3.8, 4) is 11.5 Å². The highest BCUT2D eigenvalue weighted by Crippen LogP contribution is 2.28. The molecule has 0 atom stereocenters. The molecule has 2 rings (SSSR count). The highest BCUT2D eigenvalue weighted by molar-refractivity contribution is 5.91. The van der Waals surface area contributed by atoms with Crippen LogP contribution in [0.25, 0.3) is 0 Å². The van der Waals surface area contributed by atoms with Crippen LogP contribution in [0.5, 0.6) is 11.5 Å². The van der Waals surface area contributed by atoms with Crippen LogP contribution in [-0.4, -0.2) is 10.9 Å². The Morgan fingerprint density at radius 1 is 1.37 bits per heavy atom. The lowest BCUT2D eigenvalue weighted by molar-refractivity contribution is 0.0995. The zero-order chi connectivity index (χ0) is 14.0. The smallest absolute Gasteiger partial charge is 0.267 e. The molecule has 0 aliphatic heterocycles. The second kappa shape index (κ2) is 4.93. The van der Waals surface area contributed by atoms with Crippen LogP contribution in [-0.2, 0) is 0 Å². The van der Waals surface area contributed by atoms with Crippen LogP contribution in [0.3, 0.4) is 0 Å². The van der Waals surface area contributed by atoms with Gasteiger partial charge in [0.25, 0.3) is 5.91 Å². The van der Waals surface area contributed by atoms with Crippen molar-refractivity contribution in [2.45, 2.75) is 6.92 Å². The fraction of sp³-hybridized carbons (Fsp3) is 0.0769. The zero-order valence-electron chi connectivity index (χ0n) is 10.2. The number of pyridine rings is 1. The Morgan fingerprint density at radius 3 is 2.79 bits per heavy atom. The lowest BCUT2D eigenvalue weighted by atomic mass is 10.2.